The lowest BCUT2D eigenvalue weighted by Crippen LogP contribution is -2.37. The van der Waals surface area contributed by atoms with Crippen molar-refractivity contribution in [1.29, 1.82) is 5.26 Å². The molecule has 0 spiro atoms. The fourth-order valence-electron chi connectivity index (χ4n) is 2.16. The summed E-state index contributed by atoms with van der Waals surface area (Å²) in [5.74, 6) is 0.0560. The Bertz CT molecular complexity index is 919. The molecular formula is C17H17N3O4S. The summed E-state index contributed by atoms with van der Waals surface area (Å²) >= 11 is 0. The number of carbonyl (C=O) groups excluding carboxylic acids is 1. The maximum atomic E-state index is 12.3. The average molecular weight is 359 g/mol. The molecule has 0 saturated heterocycles. The number of hydrogen-bond acceptors (Lipinski definition) is 5. The van der Waals surface area contributed by atoms with E-state index in [2.05, 4.69) is 5.32 Å². The van der Waals surface area contributed by atoms with Crippen molar-refractivity contribution in [2.45, 2.75) is 0 Å². The number of carbonyl (C=O) groups is 1. The molecule has 0 saturated carbocycles. The van der Waals surface area contributed by atoms with Crippen molar-refractivity contribution in [3.8, 4) is 11.8 Å². The molecule has 0 fully saturated rings. The summed E-state index contributed by atoms with van der Waals surface area (Å²) in [7, 11) is -2.20. The van der Waals surface area contributed by atoms with Crippen LogP contribution in [0.3, 0.4) is 0 Å². The standard InChI is InChI=1S/C17H17N3O4S/c1-24-16-8-4-6-14(10-16)19-17(21)12-20(25(2,22)23)15-7-3-5-13(9-15)11-18/h3-10H,12H2,1-2H3,(H,19,21). The predicted octanol–water partition coefficient (Wildman–Crippen LogP) is 1.97. The molecule has 2 aromatic carbocycles. The van der Waals surface area contributed by atoms with Gasteiger partial charge in [-0.05, 0) is 30.3 Å². The van der Waals surface area contributed by atoms with E-state index in [0.717, 1.165) is 10.6 Å². The highest BCUT2D eigenvalue weighted by molar-refractivity contribution is 7.92. The molecule has 8 heteroatoms. The van der Waals surface area contributed by atoms with Crippen LogP contribution in [-0.4, -0.2) is 34.2 Å². The molecule has 7 nitrogen and oxygen atoms in total. The van der Waals surface area contributed by atoms with Crippen molar-refractivity contribution in [1.82, 2.24) is 0 Å². The molecule has 0 aliphatic heterocycles. The number of hydrogen-bond donors (Lipinski definition) is 1. The number of nitrogens with zero attached hydrogens (tertiary/aromatic N) is 2. The Labute approximate surface area is 146 Å². The third-order valence-corrected chi connectivity index (χ3v) is 4.44. The van der Waals surface area contributed by atoms with Crippen LogP contribution in [0.1, 0.15) is 5.56 Å². The highest BCUT2D eigenvalue weighted by atomic mass is 32.2. The Hall–Kier alpha value is -3.05. The van der Waals surface area contributed by atoms with Crippen molar-refractivity contribution < 1.29 is 17.9 Å². The van der Waals surface area contributed by atoms with Gasteiger partial charge in [0, 0.05) is 11.8 Å². The normalized spacial score (nSPS) is 10.6. The number of methoxy groups -OCH3 is 1. The Morgan fingerprint density at radius 3 is 2.60 bits per heavy atom. The minimum Gasteiger partial charge on any atom is -0.497 e. The maximum Gasteiger partial charge on any atom is 0.245 e. The molecule has 2 rings (SSSR count). The van der Waals surface area contributed by atoms with E-state index in [1.807, 2.05) is 6.07 Å². The van der Waals surface area contributed by atoms with Gasteiger partial charge in [-0.15, -0.1) is 0 Å². The van der Waals surface area contributed by atoms with Crippen LogP contribution in [-0.2, 0) is 14.8 Å². The molecule has 130 valence electrons. The van der Waals surface area contributed by atoms with E-state index in [1.54, 1.807) is 36.4 Å². The summed E-state index contributed by atoms with van der Waals surface area (Å²) in [5.41, 5.74) is 1.05. The number of ether oxygens (including phenoxy) is 1. The van der Waals surface area contributed by atoms with Gasteiger partial charge >= 0.3 is 0 Å². The summed E-state index contributed by atoms with van der Waals surface area (Å²) in [4.78, 5) is 12.3. The van der Waals surface area contributed by atoms with E-state index < -0.39 is 22.5 Å². The lowest BCUT2D eigenvalue weighted by Gasteiger charge is -2.22. The Morgan fingerprint density at radius 2 is 1.96 bits per heavy atom. The number of rotatable bonds is 6. The summed E-state index contributed by atoms with van der Waals surface area (Å²) < 4.78 is 30.2. The molecule has 0 aliphatic rings. The van der Waals surface area contributed by atoms with Gasteiger partial charge in [0.1, 0.15) is 12.3 Å². The minimum absolute atomic E-state index is 0.252. The van der Waals surface area contributed by atoms with Crippen molar-refractivity contribution in [2.24, 2.45) is 0 Å². The van der Waals surface area contributed by atoms with Crippen molar-refractivity contribution in [3.05, 3.63) is 54.1 Å². The van der Waals surface area contributed by atoms with E-state index in [0.29, 0.717) is 17.0 Å². The van der Waals surface area contributed by atoms with Crippen LogP contribution in [0.5, 0.6) is 5.75 Å². The Kier molecular flexibility index (Phi) is 5.62. The molecule has 1 amide bonds. The first-order chi connectivity index (χ1) is 11.8. The Morgan fingerprint density at radius 1 is 1.24 bits per heavy atom. The number of anilines is 2. The topological polar surface area (TPSA) is 99.5 Å². The number of sulfonamides is 1. The van der Waals surface area contributed by atoms with E-state index in [1.165, 1.54) is 19.2 Å². The highest BCUT2D eigenvalue weighted by Crippen LogP contribution is 2.20. The highest BCUT2D eigenvalue weighted by Gasteiger charge is 2.21. The summed E-state index contributed by atoms with van der Waals surface area (Å²) in [6.45, 7) is -0.412. The molecule has 1 N–H and O–H groups in total. The van der Waals surface area contributed by atoms with Gasteiger partial charge in [0.2, 0.25) is 15.9 Å². The van der Waals surface area contributed by atoms with Crippen LogP contribution in [0.25, 0.3) is 0 Å². The summed E-state index contributed by atoms with van der Waals surface area (Å²) in [6.07, 6.45) is 1.00. The molecule has 0 bridgehead atoms. The maximum absolute atomic E-state index is 12.3. The van der Waals surface area contributed by atoms with Gasteiger partial charge in [-0.2, -0.15) is 5.26 Å². The van der Waals surface area contributed by atoms with Gasteiger partial charge in [0.25, 0.3) is 0 Å². The van der Waals surface area contributed by atoms with E-state index >= 15 is 0 Å². The smallest absolute Gasteiger partial charge is 0.245 e. The van der Waals surface area contributed by atoms with Crippen LogP contribution in [0.4, 0.5) is 11.4 Å². The van der Waals surface area contributed by atoms with E-state index in [-0.39, 0.29) is 5.69 Å². The molecule has 0 aromatic heterocycles. The van der Waals surface area contributed by atoms with Gasteiger partial charge < -0.3 is 10.1 Å². The summed E-state index contributed by atoms with van der Waals surface area (Å²) in [5, 5.41) is 11.6. The lowest BCUT2D eigenvalue weighted by molar-refractivity contribution is -0.114. The van der Waals surface area contributed by atoms with Gasteiger partial charge in [-0.1, -0.05) is 12.1 Å². The third kappa shape index (κ3) is 4.96. The van der Waals surface area contributed by atoms with Crippen molar-refractivity contribution in [3.63, 3.8) is 0 Å². The number of nitriles is 1. The molecule has 0 radical (unpaired) electrons. The zero-order valence-corrected chi connectivity index (χ0v) is 14.6. The minimum atomic E-state index is -3.70. The van der Waals surface area contributed by atoms with Crippen molar-refractivity contribution >= 4 is 27.3 Å². The van der Waals surface area contributed by atoms with Gasteiger partial charge in [0.15, 0.2) is 0 Å². The van der Waals surface area contributed by atoms with Crippen LogP contribution < -0.4 is 14.4 Å². The van der Waals surface area contributed by atoms with Crippen LogP contribution >= 0.6 is 0 Å². The molecule has 0 heterocycles. The largest absolute Gasteiger partial charge is 0.497 e. The van der Waals surface area contributed by atoms with Crippen LogP contribution in [0, 0.1) is 11.3 Å². The first kappa shape index (κ1) is 18.3. The SMILES string of the molecule is COc1cccc(NC(=O)CN(c2cccc(C#N)c2)S(C)(=O)=O)c1. The fraction of sp³-hybridized carbons (Fsp3) is 0.176. The van der Waals surface area contributed by atoms with Crippen LogP contribution in [0.15, 0.2) is 48.5 Å². The number of benzene rings is 2. The Balaban J connectivity index is 2.22. The zero-order chi connectivity index (χ0) is 18.4. The second kappa shape index (κ2) is 7.68. The monoisotopic (exact) mass is 359 g/mol. The van der Waals surface area contributed by atoms with Crippen LogP contribution in [0.2, 0.25) is 0 Å². The number of nitrogens with one attached hydrogen (secondary N) is 1. The fourth-order valence-corrected chi connectivity index (χ4v) is 3.01. The van der Waals surface area contributed by atoms with E-state index in [9.17, 15) is 13.2 Å². The summed E-state index contributed by atoms with van der Waals surface area (Å²) in [6, 6.07) is 14.7. The second-order valence-electron chi connectivity index (χ2n) is 5.21. The van der Waals surface area contributed by atoms with Gasteiger partial charge in [0.05, 0.1) is 30.7 Å². The van der Waals surface area contributed by atoms with Gasteiger partial charge in [-0.3, -0.25) is 9.10 Å². The predicted molar refractivity (Wildman–Crippen MR) is 95.0 cm³/mol. The molecule has 0 atom stereocenters. The molecular weight excluding hydrogens is 342 g/mol. The van der Waals surface area contributed by atoms with Crippen molar-refractivity contribution in [2.75, 3.05) is 29.5 Å². The first-order valence-corrected chi connectivity index (χ1v) is 9.10. The second-order valence-corrected chi connectivity index (χ2v) is 7.12. The molecule has 0 aliphatic carbocycles. The quantitative estimate of drug-likeness (QED) is 0.850. The molecule has 0 unspecified atom stereocenters. The molecule has 2 aromatic rings. The average Bonchev–Trinajstić information content (AvgIpc) is 2.59. The number of amides is 1. The van der Waals surface area contributed by atoms with Gasteiger partial charge in [-0.25, -0.2) is 8.42 Å². The lowest BCUT2D eigenvalue weighted by atomic mass is 10.2. The zero-order valence-electron chi connectivity index (χ0n) is 13.8. The van der Waals surface area contributed by atoms with E-state index in [4.69, 9.17) is 10.00 Å². The first-order valence-electron chi connectivity index (χ1n) is 7.25. The molecule has 25 heavy (non-hydrogen) atoms. The third-order valence-electron chi connectivity index (χ3n) is 3.30.